The molecule has 2 rings (SSSR count). The van der Waals surface area contributed by atoms with Gasteiger partial charge in [-0.3, -0.25) is 5.73 Å². The van der Waals surface area contributed by atoms with Gasteiger partial charge in [0, 0.05) is 33.1 Å². The second kappa shape index (κ2) is 7.22. The van der Waals surface area contributed by atoms with Crippen LogP contribution in [-0.2, 0) is 14.2 Å². The number of amidine groups is 1. The number of nitrogens with two attached hydrogens (primary N) is 2. The molecule has 120 valence electrons. The van der Waals surface area contributed by atoms with E-state index >= 15 is 0 Å². The Morgan fingerprint density at radius 1 is 1.19 bits per heavy atom. The van der Waals surface area contributed by atoms with Gasteiger partial charge in [-0.15, -0.1) is 0 Å². The third-order valence-electron chi connectivity index (χ3n) is 4.29. The Balaban J connectivity index is 2.03. The lowest BCUT2D eigenvalue weighted by Crippen LogP contribution is -2.48. The quantitative estimate of drug-likeness (QED) is 0.656. The van der Waals surface area contributed by atoms with E-state index in [1.807, 2.05) is 6.20 Å². The number of methoxy groups -OCH3 is 3. The van der Waals surface area contributed by atoms with Gasteiger partial charge in [0.05, 0.1) is 12.2 Å². The van der Waals surface area contributed by atoms with Crippen molar-refractivity contribution in [1.29, 1.82) is 0 Å². The topological polar surface area (TPSA) is 104 Å². The Hall–Kier alpha value is -1.15. The van der Waals surface area contributed by atoms with E-state index in [1.54, 1.807) is 21.3 Å². The molecule has 1 fully saturated rings. The first kappa shape index (κ1) is 16.2. The largest absolute Gasteiger partial charge is 0.384 e. The number of rotatable bonds is 5. The van der Waals surface area contributed by atoms with Crippen LogP contribution in [0.4, 0.5) is 0 Å². The van der Waals surface area contributed by atoms with Crippen molar-refractivity contribution in [1.82, 2.24) is 5.32 Å². The van der Waals surface area contributed by atoms with Gasteiger partial charge in [0.25, 0.3) is 0 Å². The lowest BCUT2D eigenvalue weighted by Gasteiger charge is -2.40. The van der Waals surface area contributed by atoms with E-state index in [0.29, 0.717) is 11.8 Å². The number of hydrogen-bond donors (Lipinski definition) is 3. The molecule has 1 aliphatic carbocycles. The van der Waals surface area contributed by atoms with E-state index in [1.165, 1.54) is 0 Å². The van der Waals surface area contributed by atoms with E-state index in [4.69, 9.17) is 25.7 Å². The highest BCUT2D eigenvalue weighted by molar-refractivity contribution is 5.97. The molecule has 7 nitrogen and oxygen atoms in total. The molecular weight excluding hydrogens is 272 g/mol. The third kappa shape index (κ3) is 3.74. The molecule has 0 amide bonds. The number of nitrogens with zero attached hydrogens (tertiary/aromatic N) is 1. The van der Waals surface area contributed by atoms with Crippen molar-refractivity contribution >= 4 is 5.84 Å². The predicted molar refractivity (Wildman–Crippen MR) is 80.5 cm³/mol. The summed E-state index contributed by atoms with van der Waals surface area (Å²) in [6, 6.07) is 0. The lowest BCUT2D eigenvalue weighted by molar-refractivity contribution is -0.140. The van der Waals surface area contributed by atoms with Gasteiger partial charge in [0.15, 0.2) is 6.29 Å². The summed E-state index contributed by atoms with van der Waals surface area (Å²) < 4.78 is 16.7. The average molecular weight is 298 g/mol. The molecule has 0 aromatic heterocycles. The molecule has 5 N–H and O–H groups in total. The summed E-state index contributed by atoms with van der Waals surface area (Å²) in [5.74, 6) is 0.917. The Bertz CT molecular complexity index is 399. The van der Waals surface area contributed by atoms with E-state index in [2.05, 4.69) is 10.3 Å². The van der Waals surface area contributed by atoms with Crippen molar-refractivity contribution in [3.8, 4) is 0 Å². The fraction of sp³-hybridized carbons (Fsp3) is 0.786. The predicted octanol–water partition coefficient (Wildman–Crippen LogP) is -0.0819. The molecule has 0 aromatic carbocycles. The minimum absolute atomic E-state index is 0.0243. The zero-order chi connectivity index (χ0) is 15.4. The smallest absolute Gasteiger partial charge is 0.173 e. The Kier molecular flexibility index (Phi) is 5.58. The van der Waals surface area contributed by atoms with Crippen molar-refractivity contribution in [3.63, 3.8) is 0 Å². The molecule has 3 unspecified atom stereocenters. The van der Waals surface area contributed by atoms with Gasteiger partial charge >= 0.3 is 0 Å². The Labute approximate surface area is 125 Å². The van der Waals surface area contributed by atoms with Crippen LogP contribution in [0.5, 0.6) is 0 Å². The van der Waals surface area contributed by atoms with Crippen LogP contribution in [0.1, 0.15) is 19.3 Å². The standard InChI is InChI=1S/C14H26N4O3/c1-19-10-5-8(6-11(20-2)12(10)21-3)4-9-7-17-14(16)18-13(9)15/h7-8,10-12,14,17H,4-6,16H2,1-3H3,(H2,15,18). The average Bonchev–Trinajstić information content (AvgIpc) is 2.49. The summed E-state index contributed by atoms with van der Waals surface area (Å²) in [7, 11) is 5.12. The maximum absolute atomic E-state index is 5.95. The second-order valence-corrected chi connectivity index (χ2v) is 5.59. The van der Waals surface area contributed by atoms with Crippen molar-refractivity contribution < 1.29 is 14.2 Å². The van der Waals surface area contributed by atoms with Crippen LogP contribution in [0.3, 0.4) is 0 Å². The molecule has 0 radical (unpaired) electrons. The molecule has 0 saturated heterocycles. The van der Waals surface area contributed by atoms with Crippen LogP contribution in [0, 0.1) is 5.92 Å². The fourth-order valence-electron chi connectivity index (χ4n) is 3.20. The van der Waals surface area contributed by atoms with Crippen molar-refractivity contribution in [2.45, 2.75) is 43.9 Å². The fourth-order valence-corrected chi connectivity index (χ4v) is 3.20. The van der Waals surface area contributed by atoms with Crippen LogP contribution in [0.25, 0.3) is 0 Å². The van der Waals surface area contributed by atoms with E-state index in [-0.39, 0.29) is 18.3 Å². The van der Waals surface area contributed by atoms with Crippen molar-refractivity contribution in [2.24, 2.45) is 22.4 Å². The minimum Gasteiger partial charge on any atom is -0.384 e. The minimum atomic E-state index is -0.448. The number of hydrogen-bond acceptors (Lipinski definition) is 7. The first-order valence-electron chi connectivity index (χ1n) is 7.21. The Morgan fingerprint density at radius 3 is 2.29 bits per heavy atom. The van der Waals surface area contributed by atoms with Crippen LogP contribution in [0.2, 0.25) is 0 Å². The van der Waals surface area contributed by atoms with Crippen LogP contribution in [-0.4, -0.2) is 51.8 Å². The molecule has 21 heavy (non-hydrogen) atoms. The molecule has 7 heteroatoms. The maximum Gasteiger partial charge on any atom is 0.173 e. The first-order chi connectivity index (χ1) is 10.1. The summed E-state index contributed by atoms with van der Waals surface area (Å²) in [5.41, 5.74) is 12.6. The maximum atomic E-state index is 5.95. The van der Waals surface area contributed by atoms with Crippen molar-refractivity contribution in [3.05, 3.63) is 11.8 Å². The SMILES string of the molecule is COC1CC(CC2=CNC(N)N=C2N)CC(OC)C1OC. The first-order valence-corrected chi connectivity index (χ1v) is 7.21. The highest BCUT2D eigenvalue weighted by Gasteiger charge is 2.39. The van der Waals surface area contributed by atoms with Gasteiger partial charge in [-0.1, -0.05) is 0 Å². The molecule has 1 heterocycles. The summed E-state index contributed by atoms with van der Waals surface area (Å²) in [6.45, 7) is 0. The van der Waals surface area contributed by atoms with Crippen LogP contribution in [0.15, 0.2) is 16.8 Å². The third-order valence-corrected chi connectivity index (χ3v) is 4.29. The highest BCUT2D eigenvalue weighted by Crippen LogP contribution is 2.34. The van der Waals surface area contributed by atoms with Crippen molar-refractivity contribution in [2.75, 3.05) is 21.3 Å². The van der Waals surface area contributed by atoms with E-state index in [0.717, 1.165) is 24.8 Å². The molecule has 1 aliphatic heterocycles. The van der Waals surface area contributed by atoms with E-state index in [9.17, 15) is 0 Å². The van der Waals surface area contributed by atoms with Crippen LogP contribution < -0.4 is 16.8 Å². The molecule has 0 spiro atoms. The normalized spacial score (nSPS) is 36.7. The molecule has 0 bridgehead atoms. The molecule has 0 aromatic rings. The van der Waals surface area contributed by atoms with Crippen LogP contribution >= 0.6 is 0 Å². The zero-order valence-corrected chi connectivity index (χ0v) is 12.9. The molecular formula is C14H26N4O3. The van der Waals surface area contributed by atoms with Gasteiger partial charge in [0.2, 0.25) is 0 Å². The van der Waals surface area contributed by atoms with Gasteiger partial charge in [-0.25, -0.2) is 4.99 Å². The zero-order valence-electron chi connectivity index (χ0n) is 12.9. The molecule has 3 atom stereocenters. The van der Waals surface area contributed by atoms with E-state index < -0.39 is 6.29 Å². The summed E-state index contributed by atoms with van der Waals surface area (Å²) in [5, 5.41) is 2.98. The molecule has 2 aliphatic rings. The number of nitrogens with one attached hydrogen (secondary N) is 1. The Morgan fingerprint density at radius 2 is 1.81 bits per heavy atom. The highest BCUT2D eigenvalue weighted by atomic mass is 16.6. The monoisotopic (exact) mass is 298 g/mol. The van der Waals surface area contributed by atoms with Gasteiger partial charge < -0.3 is 25.3 Å². The number of aliphatic imine (C=N–C) groups is 1. The van der Waals surface area contributed by atoms with Gasteiger partial charge in [0.1, 0.15) is 11.9 Å². The van der Waals surface area contributed by atoms with Gasteiger partial charge in [-0.05, 0) is 25.2 Å². The molecule has 1 saturated carbocycles. The summed E-state index contributed by atoms with van der Waals surface area (Å²) in [6.07, 6.45) is 4.07. The lowest BCUT2D eigenvalue weighted by atomic mass is 9.79. The summed E-state index contributed by atoms with van der Waals surface area (Å²) >= 11 is 0. The summed E-state index contributed by atoms with van der Waals surface area (Å²) in [4.78, 5) is 4.14. The van der Waals surface area contributed by atoms with Gasteiger partial charge in [-0.2, -0.15) is 0 Å². The second-order valence-electron chi connectivity index (χ2n) is 5.59. The number of ether oxygens (including phenoxy) is 3.